The number of carbonyl (C=O) groups excluding carboxylic acids is 2. The molecule has 0 spiro atoms. The molecular weight excluding hydrogens is 226 g/mol. The van der Waals surface area contributed by atoms with Crippen LogP contribution in [0.3, 0.4) is 0 Å². The standard InChI is InChI=1S/C15H15NO2/c1-5-6-11(4)16-14(17)12-9(2)7-8-10(3)13(12)15(16)18/h1,7-8,11H,6H2,2-4H3. The molecule has 92 valence electrons. The Morgan fingerprint density at radius 1 is 1.17 bits per heavy atom. The number of nitrogens with zero attached hydrogens (tertiary/aromatic N) is 1. The molecular formula is C15H15NO2. The Morgan fingerprint density at radius 2 is 1.61 bits per heavy atom. The third-order valence-corrected chi connectivity index (χ3v) is 3.34. The highest BCUT2D eigenvalue weighted by Crippen LogP contribution is 2.30. The summed E-state index contributed by atoms with van der Waals surface area (Å²) in [7, 11) is 0. The number of fused-ring (bicyclic) bond motifs is 1. The van der Waals surface area contributed by atoms with Crippen LogP contribution in [0.25, 0.3) is 0 Å². The van der Waals surface area contributed by atoms with Crippen LogP contribution in [0.5, 0.6) is 0 Å². The van der Waals surface area contributed by atoms with Crippen LogP contribution in [-0.4, -0.2) is 22.8 Å². The summed E-state index contributed by atoms with van der Waals surface area (Å²) in [5, 5.41) is 0. The SMILES string of the molecule is C#CCC(C)N1C(=O)c2c(C)ccc(C)c2C1=O. The smallest absolute Gasteiger partial charge is 0.262 e. The van der Waals surface area contributed by atoms with E-state index in [1.165, 1.54) is 4.90 Å². The second-order valence-corrected chi connectivity index (χ2v) is 4.69. The molecule has 0 N–H and O–H groups in total. The topological polar surface area (TPSA) is 37.4 Å². The third-order valence-electron chi connectivity index (χ3n) is 3.34. The highest BCUT2D eigenvalue weighted by molar-refractivity contribution is 6.22. The monoisotopic (exact) mass is 241 g/mol. The minimum Gasteiger partial charge on any atom is -0.271 e. The number of aryl methyl sites for hydroxylation is 2. The molecule has 1 aromatic carbocycles. The molecule has 18 heavy (non-hydrogen) atoms. The van der Waals surface area contributed by atoms with Gasteiger partial charge in [-0.1, -0.05) is 12.1 Å². The molecule has 1 atom stereocenters. The van der Waals surface area contributed by atoms with Crippen LogP contribution in [0.1, 0.15) is 45.2 Å². The minimum absolute atomic E-state index is 0.223. The summed E-state index contributed by atoms with van der Waals surface area (Å²) in [6.45, 7) is 5.49. The van der Waals surface area contributed by atoms with Crippen LogP contribution in [0.2, 0.25) is 0 Å². The zero-order valence-electron chi connectivity index (χ0n) is 10.8. The summed E-state index contributed by atoms with van der Waals surface area (Å²) >= 11 is 0. The third kappa shape index (κ3) is 1.62. The van der Waals surface area contributed by atoms with Crippen molar-refractivity contribution >= 4 is 11.8 Å². The minimum atomic E-state index is -0.263. The van der Waals surface area contributed by atoms with E-state index in [1.54, 1.807) is 6.92 Å². The van der Waals surface area contributed by atoms with Crippen molar-refractivity contribution in [3.8, 4) is 12.3 Å². The Morgan fingerprint density at radius 3 is 2.00 bits per heavy atom. The molecule has 0 fully saturated rings. The van der Waals surface area contributed by atoms with Crippen molar-refractivity contribution in [2.45, 2.75) is 33.2 Å². The Balaban J connectivity index is 2.54. The lowest BCUT2D eigenvalue weighted by Gasteiger charge is -2.20. The quantitative estimate of drug-likeness (QED) is 0.588. The molecule has 0 saturated heterocycles. The molecule has 0 saturated carbocycles. The van der Waals surface area contributed by atoms with E-state index in [0.29, 0.717) is 17.5 Å². The number of amides is 2. The van der Waals surface area contributed by atoms with Crippen LogP contribution in [0.15, 0.2) is 12.1 Å². The molecule has 1 aromatic rings. The lowest BCUT2D eigenvalue weighted by Crippen LogP contribution is -2.37. The van der Waals surface area contributed by atoms with Gasteiger partial charge in [-0.15, -0.1) is 12.3 Å². The maximum Gasteiger partial charge on any atom is 0.262 e. The maximum absolute atomic E-state index is 12.3. The molecule has 0 radical (unpaired) electrons. The first-order valence-corrected chi connectivity index (χ1v) is 5.90. The number of hydrogen-bond acceptors (Lipinski definition) is 2. The lowest BCUT2D eigenvalue weighted by atomic mass is 9.99. The van der Waals surface area contributed by atoms with Crippen LogP contribution in [0, 0.1) is 26.2 Å². The van der Waals surface area contributed by atoms with E-state index < -0.39 is 0 Å². The molecule has 3 nitrogen and oxygen atoms in total. The molecule has 0 aliphatic carbocycles. The molecule has 1 heterocycles. The van der Waals surface area contributed by atoms with Crippen molar-refractivity contribution in [1.82, 2.24) is 4.90 Å². The largest absolute Gasteiger partial charge is 0.271 e. The van der Waals surface area contributed by atoms with Crippen molar-refractivity contribution in [1.29, 1.82) is 0 Å². The van der Waals surface area contributed by atoms with Gasteiger partial charge in [0.05, 0.1) is 11.1 Å². The Bertz CT molecular complexity index is 540. The van der Waals surface area contributed by atoms with Crippen molar-refractivity contribution in [3.05, 3.63) is 34.4 Å². The first-order valence-electron chi connectivity index (χ1n) is 5.90. The lowest BCUT2D eigenvalue weighted by molar-refractivity contribution is 0.0599. The van der Waals surface area contributed by atoms with Gasteiger partial charge in [0.2, 0.25) is 0 Å². The van der Waals surface area contributed by atoms with Crippen LogP contribution in [0.4, 0.5) is 0 Å². The fraction of sp³-hybridized carbons (Fsp3) is 0.333. The van der Waals surface area contributed by atoms with Gasteiger partial charge in [-0.25, -0.2) is 0 Å². The maximum atomic E-state index is 12.3. The molecule has 1 unspecified atom stereocenters. The number of carbonyl (C=O) groups is 2. The van der Waals surface area contributed by atoms with Gasteiger partial charge in [0.15, 0.2) is 0 Å². The molecule has 0 aromatic heterocycles. The van der Waals surface area contributed by atoms with Crippen molar-refractivity contribution in [2.75, 3.05) is 0 Å². The molecule has 3 heteroatoms. The normalized spacial score (nSPS) is 15.6. The predicted octanol–water partition coefficient (Wildman–Crippen LogP) is 2.31. The molecule has 1 aliphatic heterocycles. The summed E-state index contributed by atoms with van der Waals surface area (Å²) in [6.07, 6.45) is 5.63. The van der Waals surface area contributed by atoms with Gasteiger partial charge >= 0.3 is 0 Å². The number of rotatable bonds is 2. The van der Waals surface area contributed by atoms with E-state index in [4.69, 9.17) is 6.42 Å². The van der Waals surface area contributed by atoms with Gasteiger partial charge in [0, 0.05) is 12.5 Å². The predicted molar refractivity (Wildman–Crippen MR) is 69.3 cm³/mol. The fourth-order valence-electron chi connectivity index (χ4n) is 2.36. The van der Waals surface area contributed by atoms with Crippen molar-refractivity contribution in [3.63, 3.8) is 0 Å². The first kappa shape index (κ1) is 12.4. The Hall–Kier alpha value is -2.08. The van der Waals surface area contributed by atoms with Crippen molar-refractivity contribution in [2.24, 2.45) is 0 Å². The fourth-order valence-corrected chi connectivity index (χ4v) is 2.36. The number of benzene rings is 1. The highest BCUT2D eigenvalue weighted by Gasteiger charge is 2.40. The average molecular weight is 241 g/mol. The van der Waals surface area contributed by atoms with Gasteiger partial charge in [0.25, 0.3) is 11.8 Å². The molecule has 2 amide bonds. The number of imide groups is 1. The summed E-state index contributed by atoms with van der Waals surface area (Å²) in [5.74, 6) is 2.05. The summed E-state index contributed by atoms with van der Waals surface area (Å²) in [4.78, 5) is 25.9. The van der Waals surface area contributed by atoms with Gasteiger partial charge in [-0.3, -0.25) is 14.5 Å². The number of terminal acetylenes is 1. The Kier molecular flexibility index (Phi) is 2.96. The summed E-state index contributed by atoms with van der Waals surface area (Å²) < 4.78 is 0. The van der Waals surface area contributed by atoms with Gasteiger partial charge in [-0.05, 0) is 31.9 Å². The molecule has 2 rings (SSSR count). The molecule has 1 aliphatic rings. The second kappa shape index (κ2) is 4.30. The van der Waals surface area contributed by atoms with E-state index in [2.05, 4.69) is 5.92 Å². The van der Waals surface area contributed by atoms with Crippen molar-refractivity contribution < 1.29 is 9.59 Å². The first-order chi connectivity index (χ1) is 8.49. The summed E-state index contributed by atoms with van der Waals surface area (Å²) in [6, 6.07) is 3.48. The van der Waals surface area contributed by atoms with E-state index >= 15 is 0 Å². The van der Waals surface area contributed by atoms with Gasteiger partial charge < -0.3 is 0 Å². The highest BCUT2D eigenvalue weighted by atomic mass is 16.2. The van der Waals surface area contributed by atoms with Gasteiger partial charge in [0.1, 0.15) is 0 Å². The number of hydrogen-bond donors (Lipinski definition) is 0. The van der Waals surface area contributed by atoms with Crippen LogP contribution >= 0.6 is 0 Å². The van der Waals surface area contributed by atoms with E-state index in [9.17, 15) is 9.59 Å². The summed E-state index contributed by atoms with van der Waals surface area (Å²) in [5.41, 5.74) is 2.74. The zero-order chi connectivity index (χ0) is 13.4. The van der Waals surface area contributed by atoms with Crippen LogP contribution < -0.4 is 0 Å². The van der Waals surface area contributed by atoms with E-state index in [1.807, 2.05) is 26.0 Å². The van der Waals surface area contributed by atoms with E-state index in [0.717, 1.165) is 11.1 Å². The molecule has 0 bridgehead atoms. The Labute approximate surface area is 107 Å². The van der Waals surface area contributed by atoms with E-state index in [-0.39, 0.29) is 17.9 Å². The second-order valence-electron chi connectivity index (χ2n) is 4.69. The zero-order valence-corrected chi connectivity index (χ0v) is 10.8. The van der Waals surface area contributed by atoms with Crippen LogP contribution in [-0.2, 0) is 0 Å². The van der Waals surface area contributed by atoms with Gasteiger partial charge in [-0.2, -0.15) is 0 Å². The average Bonchev–Trinajstić information content (AvgIpc) is 2.58.